The van der Waals surface area contributed by atoms with Crippen LogP contribution in [0.15, 0.2) is 46.0 Å². The van der Waals surface area contributed by atoms with Crippen molar-refractivity contribution in [3.63, 3.8) is 0 Å². The predicted molar refractivity (Wildman–Crippen MR) is 124 cm³/mol. The van der Waals surface area contributed by atoms with Gasteiger partial charge in [0.05, 0.1) is 18.0 Å². The fraction of sp³-hybridized carbons (Fsp3) is 0.474. The Morgan fingerprint density at radius 2 is 1.89 bits per heavy atom. The molecule has 1 aromatic carbocycles. The minimum Gasteiger partial charge on any atom is -0.444 e. The summed E-state index contributed by atoms with van der Waals surface area (Å²) in [5.41, 5.74) is 1.53. The van der Waals surface area contributed by atoms with Crippen LogP contribution >= 0.6 is 24.0 Å². The zero-order valence-corrected chi connectivity index (χ0v) is 19.9. The fourth-order valence-electron chi connectivity index (χ4n) is 2.37. The number of nitrogens with zero attached hydrogens (tertiary/aromatic N) is 2. The number of oxazole rings is 1. The lowest BCUT2D eigenvalue weighted by molar-refractivity contribution is 0.348. The van der Waals surface area contributed by atoms with Crippen molar-refractivity contribution < 1.29 is 12.8 Å². The maximum atomic E-state index is 11.4. The van der Waals surface area contributed by atoms with Gasteiger partial charge >= 0.3 is 0 Å². The summed E-state index contributed by atoms with van der Waals surface area (Å²) in [4.78, 5) is 8.67. The van der Waals surface area contributed by atoms with Crippen molar-refractivity contribution in [2.75, 3.05) is 25.6 Å². The predicted octanol–water partition coefficient (Wildman–Crippen LogP) is 3.09. The lowest BCUT2D eigenvalue weighted by Crippen LogP contribution is -2.42. The van der Waals surface area contributed by atoms with Crippen LogP contribution in [0, 0.1) is 5.41 Å². The molecule has 0 spiro atoms. The number of aliphatic imine (C=N–C) groups is 1. The van der Waals surface area contributed by atoms with Gasteiger partial charge in [-0.2, -0.15) is 0 Å². The number of sulfone groups is 1. The lowest BCUT2D eigenvalue weighted by Gasteiger charge is -2.25. The van der Waals surface area contributed by atoms with Crippen LogP contribution in [0.5, 0.6) is 0 Å². The van der Waals surface area contributed by atoms with Crippen LogP contribution in [0.25, 0.3) is 11.5 Å². The highest BCUT2D eigenvalue weighted by molar-refractivity contribution is 14.0. The maximum Gasteiger partial charge on any atom is 0.226 e. The average Bonchev–Trinajstić information content (AvgIpc) is 3.09. The molecule has 0 saturated carbocycles. The molecule has 0 radical (unpaired) electrons. The SMILES string of the molecule is CN=C(NCc1coc(-c2ccccc2)n1)NCC(C)(C)CCS(C)(=O)=O.I. The third-order valence-corrected chi connectivity index (χ3v) is 5.06. The molecule has 1 heterocycles. The molecule has 0 bridgehead atoms. The van der Waals surface area contributed by atoms with E-state index >= 15 is 0 Å². The fourth-order valence-corrected chi connectivity index (χ4v) is 3.29. The van der Waals surface area contributed by atoms with Gasteiger partial charge in [0, 0.05) is 25.4 Å². The molecule has 156 valence electrons. The van der Waals surface area contributed by atoms with Gasteiger partial charge < -0.3 is 15.1 Å². The highest BCUT2D eigenvalue weighted by Crippen LogP contribution is 2.20. The van der Waals surface area contributed by atoms with Crippen molar-refractivity contribution in [3.8, 4) is 11.5 Å². The van der Waals surface area contributed by atoms with Crippen LogP contribution < -0.4 is 10.6 Å². The normalized spacial score (nSPS) is 12.4. The van der Waals surface area contributed by atoms with Crippen molar-refractivity contribution in [3.05, 3.63) is 42.3 Å². The Balaban J connectivity index is 0.00000392. The highest BCUT2D eigenvalue weighted by Gasteiger charge is 2.20. The third-order valence-electron chi connectivity index (χ3n) is 4.12. The van der Waals surface area contributed by atoms with Crippen LogP contribution in [0.4, 0.5) is 0 Å². The Morgan fingerprint density at radius 1 is 1.21 bits per heavy atom. The summed E-state index contributed by atoms with van der Waals surface area (Å²) < 4.78 is 28.3. The zero-order valence-electron chi connectivity index (χ0n) is 16.7. The molecule has 0 aliphatic rings. The van der Waals surface area contributed by atoms with Crippen LogP contribution in [-0.4, -0.2) is 45.0 Å². The lowest BCUT2D eigenvalue weighted by atomic mass is 9.90. The van der Waals surface area contributed by atoms with Crippen molar-refractivity contribution in [1.29, 1.82) is 0 Å². The molecule has 1 aromatic heterocycles. The van der Waals surface area contributed by atoms with Gasteiger partial charge in [-0.15, -0.1) is 24.0 Å². The Bertz CT molecular complexity index is 864. The van der Waals surface area contributed by atoms with E-state index in [2.05, 4.69) is 20.6 Å². The first-order valence-corrected chi connectivity index (χ1v) is 10.9. The third kappa shape index (κ3) is 8.59. The zero-order chi connectivity index (χ0) is 19.9. The largest absolute Gasteiger partial charge is 0.444 e. The van der Waals surface area contributed by atoms with E-state index in [9.17, 15) is 8.42 Å². The number of guanidine groups is 1. The van der Waals surface area contributed by atoms with Crippen molar-refractivity contribution in [2.24, 2.45) is 10.4 Å². The van der Waals surface area contributed by atoms with E-state index in [1.807, 2.05) is 44.2 Å². The Hall–Kier alpha value is -1.62. The van der Waals surface area contributed by atoms with Gasteiger partial charge in [-0.3, -0.25) is 4.99 Å². The van der Waals surface area contributed by atoms with E-state index in [4.69, 9.17) is 4.42 Å². The molecular weight excluding hydrogens is 491 g/mol. The molecule has 2 rings (SSSR count). The first kappa shape index (κ1) is 24.4. The second kappa shape index (κ2) is 10.8. The van der Waals surface area contributed by atoms with Crippen LogP contribution in [0.1, 0.15) is 26.0 Å². The van der Waals surface area contributed by atoms with Crippen LogP contribution in [0.3, 0.4) is 0 Å². The standard InChI is InChI=1S/C19H28N4O3S.HI/c1-19(2,10-11-27(4,24)25)14-22-18(20-3)21-12-16-13-26-17(23-16)15-8-6-5-7-9-15;/h5-9,13H,10-12,14H2,1-4H3,(H2,20,21,22);1H. The van der Waals surface area contributed by atoms with Crippen molar-refractivity contribution >= 4 is 39.8 Å². The Morgan fingerprint density at radius 3 is 2.50 bits per heavy atom. The molecule has 7 nitrogen and oxygen atoms in total. The molecule has 2 aromatic rings. The molecule has 2 N–H and O–H groups in total. The van der Waals surface area contributed by atoms with E-state index in [0.717, 1.165) is 11.3 Å². The monoisotopic (exact) mass is 520 g/mol. The quantitative estimate of drug-likeness (QED) is 0.316. The number of hydrogen-bond acceptors (Lipinski definition) is 5. The van der Waals surface area contributed by atoms with Crippen LogP contribution in [0.2, 0.25) is 0 Å². The number of aromatic nitrogens is 1. The second-order valence-electron chi connectivity index (χ2n) is 7.33. The molecule has 0 amide bonds. The van der Waals surface area contributed by atoms with Crippen molar-refractivity contribution in [2.45, 2.75) is 26.8 Å². The van der Waals surface area contributed by atoms with Gasteiger partial charge in [0.1, 0.15) is 16.1 Å². The summed E-state index contributed by atoms with van der Waals surface area (Å²) >= 11 is 0. The number of hydrogen-bond donors (Lipinski definition) is 2. The Labute approximate surface area is 184 Å². The van der Waals surface area contributed by atoms with Crippen LogP contribution in [-0.2, 0) is 16.4 Å². The summed E-state index contributed by atoms with van der Waals surface area (Å²) in [7, 11) is -1.27. The minimum atomic E-state index is -2.96. The first-order chi connectivity index (χ1) is 12.7. The number of nitrogens with one attached hydrogen (secondary N) is 2. The minimum absolute atomic E-state index is 0. The van der Waals surface area contributed by atoms with Gasteiger partial charge in [-0.05, 0) is 24.0 Å². The summed E-state index contributed by atoms with van der Waals surface area (Å²) in [5.74, 6) is 1.39. The second-order valence-corrected chi connectivity index (χ2v) is 9.59. The number of benzene rings is 1. The van der Waals surface area contributed by atoms with E-state index in [-0.39, 0.29) is 35.1 Å². The summed E-state index contributed by atoms with van der Waals surface area (Å²) in [6.45, 7) is 5.14. The van der Waals surface area contributed by atoms with E-state index < -0.39 is 9.84 Å². The Kier molecular flexibility index (Phi) is 9.42. The van der Waals surface area contributed by atoms with Gasteiger partial charge in [-0.1, -0.05) is 32.0 Å². The molecule has 0 fully saturated rings. The molecular formula is C19H29IN4O3S. The summed E-state index contributed by atoms with van der Waals surface area (Å²) in [6.07, 6.45) is 3.47. The molecule has 0 aliphatic heterocycles. The van der Waals surface area contributed by atoms with E-state index in [1.54, 1.807) is 13.3 Å². The van der Waals surface area contributed by atoms with E-state index in [1.165, 1.54) is 6.26 Å². The number of halogens is 1. The average molecular weight is 520 g/mol. The topological polar surface area (TPSA) is 96.6 Å². The first-order valence-electron chi connectivity index (χ1n) is 8.81. The van der Waals surface area contributed by atoms with Gasteiger partial charge in [0.15, 0.2) is 5.96 Å². The molecule has 0 unspecified atom stereocenters. The molecule has 0 atom stereocenters. The maximum absolute atomic E-state index is 11.4. The number of rotatable bonds is 8. The van der Waals surface area contributed by atoms with Crippen molar-refractivity contribution in [1.82, 2.24) is 15.6 Å². The molecule has 0 aliphatic carbocycles. The summed E-state index contributed by atoms with van der Waals surface area (Å²) in [6, 6.07) is 9.72. The van der Waals surface area contributed by atoms with Gasteiger partial charge in [0.25, 0.3) is 0 Å². The highest BCUT2D eigenvalue weighted by atomic mass is 127. The molecule has 28 heavy (non-hydrogen) atoms. The molecule has 0 saturated heterocycles. The summed E-state index contributed by atoms with van der Waals surface area (Å²) in [5, 5.41) is 6.43. The molecule has 9 heteroatoms. The smallest absolute Gasteiger partial charge is 0.226 e. The van der Waals surface area contributed by atoms with Gasteiger partial charge in [0.2, 0.25) is 5.89 Å². The van der Waals surface area contributed by atoms with Gasteiger partial charge in [-0.25, -0.2) is 13.4 Å². The van der Waals surface area contributed by atoms with E-state index in [0.29, 0.717) is 31.4 Å².